The van der Waals surface area contributed by atoms with Crippen LogP contribution in [-0.4, -0.2) is 6.71 Å². The van der Waals surface area contributed by atoms with Crippen LogP contribution < -0.4 is 26.2 Å². The molecule has 2 aliphatic heterocycles. The second-order valence-corrected chi connectivity index (χ2v) is 12.9. The van der Waals surface area contributed by atoms with Crippen molar-refractivity contribution in [2.24, 2.45) is 0 Å². The molecule has 2 nitrogen and oxygen atoms in total. The topological polar surface area (TPSA) is 6.48 Å². The fraction of sp³-hybridized carbons (Fsp3) is 0.211. The number of benzene rings is 5. The summed E-state index contributed by atoms with van der Waals surface area (Å²) in [4.78, 5) is 3.61. The maximum atomic E-state index is 9.34. The van der Waals surface area contributed by atoms with E-state index in [4.69, 9.17) is 9.60 Å². The highest BCUT2D eigenvalue weighted by Gasteiger charge is 2.43. The highest BCUT2D eigenvalue weighted by atomic mass is 15.2. The highest BCUT2D eigenvalue weighted by Crippen LogP contribution is 2.44. The fourth-order valence-electron chi connectivity index (χ4n) is 6.07. The quantitative estimate of drug-likeness (QED) is 0.203. The molecule has 202 valence electrons. The van der Waals surface area contributed by atoms with Crippen LogP contribution in [0, 0.1) is 0 Å². The smallest absolute Gasteiger partial charge is 0.252 e. The molecule has 0 bridgehead atoms. The van der Waals surface area contributed by atoms with Crippen molar-refractivity contribution in [2.45, 2.75) is 52.4 Å². The van der Waals surface area contributed by atoms with E-state index in [1.807, 2.05) is 12.1 Å². The minimum Gasteiger partial charge on any atom is -0.311 e. The number of para-hydroxylation sites is 2. The molecule has 0 aliphatic carbocycles. The van der Waals surface area contributed by atoms with E-state index >= 15 is 0 Å². The third-order valence-corrected chi connectivity index (χ3v) is 8.19. The molecule has 41 heavy (non-hydrogen) atoms. The first-order valence-corrected chi connectivity index (χ1v) is 14.0. The summed E-state index contributed by atoms with van der Waals surface area (Å²) in [5, 5.41) is 0. The molecular weight excluding hydrogens is 495 g/mol. The van der Waals surface area contributed by atoms with E-state index in [9.17, 15) is 2.74 Å². The lowest BCUT2D eigenvalue weighted by Crippen LogP contribution is -2.61. The van der Waals surface area contributed by atoms with Gasteiger partial charge in [0, 0.05) is 34.1 Å². The Hall–Kier alpha value is -4.24. The van der Waals surface area contributed by atoms with Gasteiger partial charge in [0.05, 0.1) is 12.3 Å². The molecule has 7 rings (SSSR count). The van der Waals surface area contributed by atoms with E-state index < -0.39 is 49.0 Å². The van der Waals surface area contributed by atoms with Gasteiger partial charge in [-0.25, -0.2) is 0 Å². The van der Waals surface area contributed by atoms with Gasteiger partial charge in [0.25, 0.3) is 6.71 Å². The molecule has 0 fully saturated rings. The molecule has 2 aliphatic rings. The van der Waals surface area contributed by atoms with Gasteiger partial charge in [-0.05, 0) is 86.8 Å². The van der Waals surface area contributed by atoms with Crippen LogP contribution in [0.15, 0.2) is 115 Å². The molecule has 3 heteroatoms. The SMILES string of the molecule is [2H]c1c([2H])c([2H])c(N2c3cccc4c3B(c3cc(C(C)(C)C)ccc3N4c3ccc(C(C)(C)C)cc3)c3c([2H])c([2H])c([2H])c([2H])c32)c([2H])c1[2H]. The molecule has 2 heterocycles. The Kier molecular flexibility index (Phi) is 3.91. The molecule has 0 unspecified atom stereocenters. The van der Waals surface area contributed by atoms with Gasteiger partial charge in [-0.3, -0.25) is 0 Å². The van der Waals surface area contributed by atoms with Gasteiger partial charge < -0.3 is 9.80 Å². The minimum absolute atomic E-state index is 0.0612. The van der Waals surface area contributed by atoms with E-state index in [1.54, 1.807) is 6.07 Å². The number of hydrogen-bond donors (Lipinski definition) is 0. The van der Waals surface area contributed by atoms with Crippen LogP contribution in [-0.2, 0) is 10.8 Å². The Morgan fingerprint density at radius 2 is 1.12 bits per heavy atom. The van der Waals surface area contributed by atoms with Gasteiger partial charge >= 0.3 is 0 Å². The number of anilines is 6. The average Bonchev–Trinajstić information content (AvgIpc) is 3.07. The predicted octanol–water partition coefficient (Wildman–Crippen LogP) is 8.36. The zero-order valence-electron chi connectivity index (χ0n) is 33.2. The summed E-state index contributed by atoms with van der Waals surface area (Å²) in [7, 11) is 0. The summed E-state index contributed by atoms with van der Waals surface area (Å²) in [6.07, 6.45) is 0. The molecule has 0 saturated carbocycles. The lowest BCUT2D eigenvalue weighted by Gasteiger charge is -2.44. The zero-order chi connectivity index (χ0) is 36.4. The molecule has 0 saturated heterocycles. The van der Waals surface area contributed by atoms with E-state index in [0.717, 1.165) is 33.6 Å². The van der Waals surface area contributed by atoms with Crippen molar-refractivity contribution in [1.29, 1.82) is 0 Å². The van der Waals surface area contributed by atoms with Crippen LogP contribution in [0.3, 0.4) is 0 Å². The number of rotatable bonds is 2. The van der Waals surface area contributed by atoms with Gasteiger partial charge in [0.15, 0.2) is 0 Å². The van der Waals surface area contributed by atoms with Crippen molar-refractivity contribution in [3.8, 4) is 0 Å². The van der Waals surface area contributed by atoms with Crippen molar-refractivity contribution in [3.63, 3.8) is 0 Å². The molecule has 0 spiro atoms. The Morgan fingerprint density at radius 3 is 1.78 bits per heavy atom. The van der Waals surface area contributed by atoms with Crippen LogP contribution >= 0.6 is 0 Å². The predicted molar refractivity (Wildman–Crippen MR) is 178 cm³/mol. The second-order valence-electron chi connectivity index (χ2n) is 12.9. The van der Waals surface area contributed by atoms with Crippen LogP contribution in [0.4, 0.5) is 34.1 Å². The molecule has 0 N–H and O–H groups in total. The Labute approximate surface area is 258 Å². The second kappa shape index (κ2) is 9.14. The van der Waals surface area contributed by atoms with Gasteiger partial charge in [-0.15, -0.1) is 0 Å². The summed E-state index contributed by atoms with van der Waals surface area (Å²) >= 11 is 0. The molecule has 0 radical (unpaired) electrons. The summed E-state index contributed by atoms with van der Waals surface area (Å²) in [6, 6.07) is 16.3. The van der Waals surface area contributed by atoms with E-state index in [0.29, 0.717) is 5.69 Å². The van der Waals surface area contributed by atoms with Crippen LogP contribution in [0.5, 0.6) is 0 Å². The first-order chi connectivity index (χ1) is 23.4. The van der Waals surface area contributed by atoms with Crippen LogP contribution in [0.1, 0.15) is 65.0 Å². The van der Waals surface area contributed by atoms with Gasteiger partial charge in [0.2, 0.25) is 0 Å². The average molecular weight is 542 g/mol. The Bertz CT molecular complexity index is 2230. The minimum atomic E-state index is -0.652. The summed E-state index contributed by atoms with van der Waals surface area (Å²) in [5.74, 6) is 0. The van der Waals surface area contributed by atoms with Crippen molar-refractivity contribution in [2.75, 3.05) is 9.80 Å². The maximum Gasteiger partial charge on any atom is 0.252 e. The highest BCUT2D eigenvalue weighted by molar-refractivity contribution is 7.00. The fourth-order valence-corrected chi connectivity index (χ4v) is 6.07. The Morgan fingerprint density at radius 1 is 0.537 bits per heavy atom. The zero-order valence-corrected chi connectivity index (χ0v) is 24.2. The molecule has 5 aromatic carbocycles. The molecule has 0 atom stereocenters. The molecule has 0 aromatic heterocycles. The first-order valence-electron chi connectivity index (χ1n) is 18.5. The Balaban J connectivity index is 1.65. The number of fused-ring (bicyclic) bond motifs is 4. The standard InChI is InChI=1S/C38H37BN2/c1-37(2,3)26-19-22-29(23-20-26)41-33-24-21-27(38(4,5)6)25-31(33)39-30-15-10-11-16-32(30)40(28-13-8-7-9-14-28)34-17-12-18-35(41)36(34)39/h7-25H,1-6H3/i7D,8D,9D,10D,11D,13D,14D,15D,16D. The van der Waals surface area contributed by atoms with Crippen LogP contribution in [0.2, 0.25) is 0 Å². The van der Waals surface area contributed by atoms with Crippen molar-refractivity contribution >= 4 is 57.2 Å². The normalized spacial score (nSPS) is 17.0. The molecular formula is C38H37BN2. The van der Waals surface area contributed by atoms with Crippen LogP contribution in [0.25, 0.3) is 0 Å². The molecule has 0 amide bonds. The first kappa shape index (κ1) is 17.6. The molecule has 5 aromatic rings. The monoisotopic (exact) mass is 541 g/mol. The third-order valence-electron chi connectivity index (χ3n) is 8.19. The van der Waals surface area contributed by atoms with Crippen molar-refractivity contribution in [1.82, 2.24) is 0 Å². The van der Waals surface area contributed by atoms with Gasteiger partial charge in [-0.2, -0.15) is 0 Å². The van der Waals surface area contributed by atoms with E-state index in [2.05, 4.69) is 88.9 Å². The lowest BCUT2D eigenvalue weighted by molar-refractivity contribution is 0.590. The maximum absolute atomic E-state index is 9.34. The van der Waals surface area contributed by atoms with Gasteiger partial charge in [0.1, 0.15) is 0 Å². The van der Waals surface area contributed by atoms with E-state index in [-0.39, 0.29) is 39.8 Å². The van der Waals surface area contributed by atoms with Crippen molar-refractivity contribution < 1.29 is 12.3 Å². The van der Waals surface area contributed by atoms with Crippen molar-refractivity contribution in [3.05, 3.63) is 126 Å². The van der Waals surface area contributed by atoms with Gasteiger partial charge in [-0.1, -0.05) is 108 Å². The number of nitrogens with zero attached hydrogens (tertiary/aromatic N) is 2. The van der Waals surface area contributed by atoms with E-state index in [1.165, 1.54) is 10.5 Å². The third kappa shape index (κ3) is 4.10. The lowest BCUT2D eigenvalue weighted by atomic mass is 9.33. The number of hydrogen-bond acceptors (Lipinski definition) is 2. The summed E-state index contributed by atoms with van der Waals surface area (Å²) in [5.41, 5.74) is 6.68. The summed E-state index contributed by atoms with van der Waals surface area (Å²) < 4.78 is 79.3. The summed E-state index contributed by atoms with van der Waals surface area (Å²) in [6.45, 7) is 12.2. The largest absolute Gasteiger partial charge is 0.311 e.